The van der Waals surface area contributed by atoms with Crippen LogP contribution in [-0.2, 0) is 14.8 Å². The highest BCUT2D eigenvalue weighted by Crippen LogP contribution is 2.22. The molecule has 1 aliphatic rings. The van der Waals surface area contributed by atoms with Crippen LogP contribution in [0.2, 0.25) is 0 Å². The lowest BCUT2D eigenvalue weighted by Crippen LogP contribution is -2.58. The summed E-state index contributed by atoms with van der Waals surface area (Å²) >= 11 is 0. The van der Waals surface area contributed by atoms with Gasteiger partial charge in [0.05, 0.1) is 11.9 Å². The Morgan fingerprint density at radius 2 is 2.00 bits per heavy atom. The van der Waals surface area contributed by atoms with Crippen molar-refractivity contribution < 1.29 is 18.0 Å². The zero-order valence-corrected chi connectivity index (χ0v) is 15.7. The molecule has 2 N–H and O–H groups in total. The van der Waals surface area contributed by atoms with E-state index in [1.807, 2.05) is 13.8 Å². The van der Waals surface area contributed by atoms with Gasteiger partial charge in [-0.1, -0.05) is 6.07 Å². The number of carbonyl (C=O) groups excluding carboxylic acids is 2. The van der Waals surface area contributed by atoms with E-state index < -0.39 is 16.1 Å². The van der Waals surface area contributed by atoms with Crippen molar-refractivity contribution in [1.82, 2.24) is 9.80 Å². The van der Waals surface area contributed by atoms with E-state index in [0.717, 1.165) is 11.8 Å². The number of rotatable bonds is 4. The summed E-state index contributed by atoms with van der Waals surface area (Å²) < 4.78 is 25.1. The Morgan fingerprint density at radius 3 is 2.60 bits per heavy atom. The normalized spacial score (nSPS) is 18.2. The Balaban J connectivity index is 2.15. The third-order valence-electron chi connectivity index (χ3n) is 4.17. The van der Waals surface area contributed by atoms with Gasteiger partial charge in [0.2, 0.25) is 15.9 Å². The van der Waals surface area contributed by atoms with Gasteiger partial charge < -0.3 is 15.1 Å². The van der Waals surface area contributed by atoms with Crippen LogP contribution in [0.4, 0.5) is 16.2 Å². The van der Waals surface area contributed by atoms with Gasteiger partial charge in [0.15, 0.2) is 0 Å². The molecule has 3 amide bonds. The number of piperazine rings is 1. The second kappa shape index (κ2) is 7.30. The van der Waals surface area contributed by atoms with E-state index in [1.165, 1.54) is 4.90 Å². The Hall–Kier alpha value is -2.29. The fourth-order valence-corrected chi connectivity index (χ4v) is 3.30. The third kappa shape index (κ3) is 4.62. The molecular formula is C16H24N4O4S. The van der Waals surface area contributed by atoms with Gasteiger partial charge in [-0.15, -0.1) is 0 Å². The molecule has 2 rings (SSSR count). The van der Waals surface area contributed by atoms with Gasteiger partial charge >= 0.3 is 6.03 Å². The summed E-state index contributed by atoms with van der Waals surface area (Å²) in [5, 5.41) is 2.77. The van der Waals surface area contributed by atoms with Crippen molar-refractivity contribution in [2.45, 2.75) is 26.8 Å². The topological polar surface area (TPSA) is 98.8 Å². The van der Waals surface area contributed by atoms with Gasteiger partial charge in [-0.25, -0.2) is 13.2 Å². The number of sulfonamides is 1. The number of likely N-dealkylation sites (N-methyl/N-ethyl adjacent to an activating group) is 1. The number of hydrogen-bond donors (Lipinski definition) is 2. The fraction of sp³-hybridized carbons (Fsp3) is 0.500. The van der Waals surface area contributed by atoms with Crippen LogP contribution in [0, 0.1) is 6.92 Å². The number of hydrogen-bond acceptors (Lipinski definition) is 4. The van der Waals surface area contributed by atoms with E-state index in [-0.39, 0.29) is 11.9 Å². The molecule has 1 saturated heterocycles. The van der Waals surface area contributed by atoms with Crippen LogP contribution in [0.25, 0.3) is 0 Å². The second-order valence-electron chi connectivity index (χ2n) is 6.12. The molecule has 1 aromatic rings. The van der Waals surface area contributed by atoms with E-state index in [1.54, 1.807) is 30.0 Å². The first-order valence-corrected chi connectivity index (χ1v) is 9.96. The smallest absolute Gasteiger partial charge is 0.322 e. The molecule has 25 heavy (non-hydrogen) atoms. The summed E-state index contributed by atoms with van der Waals surface area (Å²) in [7, 11) is -3.40. The van der Waals surface area contributed by atoms with Gasteiger partial charge in [-0.2, -0.15) is 0 Å². The molecule has 8 nitrogen and oxygen atoms in total. The SMILES string of the molecule is CCN1CCN(C(=O)Nc2cc(NS(C)(=O)=O)ccc2C)[C@H](C)C1=O. The number of nitrogens with zero attached hydrogens (tertiary/aromatic N) is 2. The molecular weight excluding hydrogens is 344 g/mol. The van der Waals surface area contributed by atoms with Crippen LogP contribution in [0.3, 0.4) is 0 Å². The molecule has 1 aliphatic heterocycles. The average molecular weight is 368 g/mol. The highest BCUT2D eigenvalue weighted by atomic mass is 32.2. The molecule has 1 fully saturated rings. The number of nitrogens with one attached hydrogen (secondary N) is 2. The lowest BCUT2D eigenvalue weighted by atomic mass is 10.1. The summed E-state index contributed by atoms with van der Waals surface area (Å²) in [5.74, 6) is -0.0758. The van der Waals surface area contributed by atoms with Crippen molar-refractivity contribution in [2.24, 2.45) is 0 Å². The minimum Gasteiger partial charge on any atom is -0.339 e. The minimum absolute atomic E-state index is 0.0758. The predicted molar refractivity (Wildman–Crippen MR) is 97.1 cm³/mol. The molecule has 0 unspecified atom stereocenters. The number of benzene rings is 1. The minimum atomic E-state index is -3.40. The number of urea groups is 1. The van der Waals surface area contributed by atoms with Gasteiger partial charge in [0, 0.05) is 25.3 Å². The highest BCUT2D eigenvalue weighted by Gasteiger charge is 2.33. The van der Waals surface area contributed by atoms with E-state index in [0.29, 0.717) is 31.0 Å². The van der Waals surface area contributed by atoms with Crippen molar-refractivity contribution in [3.05, 3.63) is 23.8 Å². The first-order chi connectivity index (χ1) is 11.6. The summed E-state index contributed by atoms with van der Waals surface area (Å²) in [6, 6.07) is 3.98. The monoisotopic (exact) mass is 368 g/mol. The molecule has 0 saturated carbocycles. The molecule has 0 spiro atoms. The lowest BCUT2D eigenvalue weighted by Gasteiger charge is -2.38. The second-order valence-corrected chi connectivity index (χ2v) is 7.87. The lowest BCUT2D eigenvalue weighted by molar-refractivity contribution is -0.138. The average Bonchev–Trinajstić information content (AvgIpc) is 2.51. The largest absolute Gasteiger partial charge is 0.339 e. The van der Waals surface area contributed by atoms with Gasteiger partial charge in [0.25, 0.3) is 0 Å². The summed E-state index contributed by atoms with van der Waals surface area (Å²) in [6.45, 7) is 7.00. The van der Waals surface area contributed by atoms with E-state index in [9.17, 15) is 18.0 Å². The van der Waals surface area contributed by atoms with Crippen LogP contribution >= 0.6 is 0 Å². The third-order valence-corrected chi connectivity index (χ3v) is 4.78. The Morgan fingerprint density at radius 1 is 1.32 bits per heavy atom. The van der Waals surface area contributed by atoms with Crippen molar-refractivity contribution in [3.63, 3.8) is 0 Å². The van der Waals surface area contributed by atoms with Crippen LogP contribution in [-0.4, -0.2) is 62.1 Å². The van der Waals surface area contributed by atoms with Crippen molar-refractivity contribution in [1.29, 1.82) is 0 Å². The van der Waals surface area contributed by atoms with Crippen LogP contribution in [0.5, 0.6) is 0 Å². The quantitative estimate of drug-likeness (QED) is 0.840. The summed E-state index contributed by atoms with van der Waals surface area (Å²) in [4.78, 5) is 28.0. The van der Waals surface area contributed by atoms with Crippen LogP contribution in [0.15, 0.2) is 18.2 Å². The highest BCUT2D eigenvalue weighted by molar-refractivity contribution is 7.92. The first kappa shape index (κ1) is 19.0. The van der Waals surface area contributed by atoms with Gasteiger partial charge in [-0.05, 0) is 38.5 Å². The van der Waals surface area contributed by atoms with E-state index in [2.05, 4.69) is 10.0 Å². The van der Waals surface area contributed by atoms with Crippen molar-refractivity contribution in [2.75, 3.05) is 35.9 Å². The Bertz CT molecular complexity index is 778. The zero-order chi connectivity index (χ0) is 18.8. The molecule has 1 aromatic carbocycles. The van der Waals surface area contributed by atoms with Crippen LogP contribution in [0.1, 0.15) is 19.4 Å². The number of carbonyl (C=O) groups is 2. The Labute approximate surface area is 148 Å². The van der Waals surface area contributed by atoms with E-state index in [4.69, 9.17) is 0 Å². The number of amides is 3. The van der Waals surface area contributed by atoms with Crippen molar-refractivity contribution in [3.8, 4) is 0 Å². The maximum Gasteiger partial charge on any atom is 0.322 e. The summed E-state index contributed by atoms with van der Waals surface area (Å²) in [6.07, 6.45) is 1.06. The molecule has 0 radical (unpaired) electrons. The van der Waals surface area contributed by atoms with Gasteiger partial charge in [0.1, 0.15) is 6.04 Å². The first-order valence-electron chi connectivity index (χ1n) is 8.07. The maximum absolute atomic E-state index is 12.6. The van der Waals surface area contributed by atoms with Crippen molar-refractivity contribution >= 4 is 33.3 Å². The number of anilines is 2. The summed E-state index contributed by atoms with van der Waals surface area (Å²) in [5.41, 5.74) is 1.65. The van der Waals surface area contributed by atoms with Gasteiger partial charge in [-0.3, -0.25) is 9.52 Å². The zero-order valence-electron chi connectivity index (χ0n) is 14.9. The van der Waals surface area contributed by atoms with Crippen LogP contribution < -0.4 is 10.0 Å². The fourth-order valence-electron chi connectivity index (χ4n) is 2.74. The molecule has 138 valence electrons. The molecule has 0 aliphatic carbocycles. The predicted octanol–water partition coefficient (Wildman–Crippen LogP) is 1.45. The number of aryl methyl sites for hydroxylation is 1. The molecule has 0 aromatic heterocycles. The standard InChI is InChI=1S/C16H24N4O4S/c1-5-19-8-9-20(12(3)15(19)21)16(22)17-14-10-13(7-6-11(14)2)18-25(4,23)24/h6-7,10,12,18H,5,8-9H2,1-4H3,(H,17,22)/t12-/m1/s1. The Kier molecular flexibility index (Phi) is 5.56. The molecule has 1 heterocycles. The molecule has 9 heteroatoms. The van der Waals surface area contributed by atoms with E-state index >= 15 is 0 Å². The molecule has 1 atom stereocenters. The maximum atomic E-state index is 12.6. The molecule has 0 bridgehead atoms.